The second kappa shape index (κ2) is 8.12. The molecule has 0 aliphatic heterocycles. The topological polar surface area (TPSA) is 58.2 Å². The van der Waals surface area contributed by atoms with Gasteiger partial charge in [-0.1, -0.05) is 40.5 Å². The van der Waals surface area contributed by atoms with Crippen molar-refractivity contribution < 1.29 is 8.42 Å². The molecule has 0 unspecified atom stereocenters. The summed E-state index contributed by atoms with van der Waals surface area (Å²) in [5, 5.41) is 5.10. The van der Waals surface area contributed by atoms with E-state index in [0.29, 0.717) is 29.9 Å². The van der Waals surface area contributed by atoms with E-state index in [4.69, 9.17) is 0 Å². The van der Waals surface area contributed by atoms with Gasteiger partial charge in [0, 0.05) is 24.0 Å². The lowest BCUT2D eigenvalue weighted by Crippen LogP contribution is -2.30. The molecule has 4 nitrogen and oxygen atoms in total. The molecule has 20 heavy (non-hydrogen) atoms. The minimum absolute atomic E-state index is 0.338. The fraction of sp³-hybridized carbons (Fsp3) is 0.714. The van der Waals surface area contributed by atoms with Gasteiger partial charge in [-0.2, -0.15) is 0 Å². The fourth-order valence-corrected chi connectivity index (χ4v) is 4.39. The van der Waals surface area contributed by atoms with Crippen molar-refractivity contribution in [1.82, 2.24) is 10.0 Å². The van der Waals surface area contributed by atoms with Crippen LogP contribution in [-0.4, -0.2) is 21.0 Å². The standard InChI is InChI=1S/C14H26N2O2S2/c1-5-12(6-2)9-16-20(17,18)14-7-8-19-13(14)10-15-11(3)4/h7-8,11-12,15-16H,5-6,9-10H2,1-4H3. The van der Waals surface area contributed by atoms with Gasteiger partial charge in [0.15, 0.2) is 0 Å². The molecule has 1 aromatic heterocycles. The van der Waals surface area contributed by atoms with E-state index in [1.165, 1.54) is 11.3 Å². The van der Waals surface area contributed by atoms with Crippen LogP contribution in [0.4, 0.5) is 0 Å². The van der Waals surface area contributed by atoms with Crippen molar-refractivity contribution in [2.45, 2.75) is 58.0 Å². The van der Waals surface area contributed by atoms with Crippen molar-refractivity contribution in [3.8, 4) is 0 Å². The van der Waals surface area contributed by atoms with E-state index in [0.717, 1.165) is 17.7 Å². The summed E-state index contributed by atoms with van der Waals surface area (Å²) in [4.78, 5) is 1.29. The normalized spacial score (nSPS) is 12.5. The molecule has 0 saturated heterocycles. The first-order valence-corrected chi connectivity index (χ1v) is 9.56. The summed E-state index contributed by atoms with van der Waals surface area (Å²) < 4.78 is 27.5. The van der Waals surface area contributed by atoms with Gasteiger partial charge in [0.05, 0.1) is 4.90 Å². The first kappa shape index (κ1) is 17.6. The van der Waals surface area contributed by atoms with Gasteiger partial charge in [-0.25, -0.2) is 13.1 Å². The number of rotatable bonds is 9. The highest BCUT2D eigenvalue weighted by atomic mass is 32.2. The van der Waals surface area contributed by atoms with E-state index >= 15 is 0 Å². The lowest BCUT2D eigenvalue weighted by Gasteiger charge is -2.14. The maximum Gasteiger partial charge on any atom is 0.241 e. The Bertz CT molecular complexity index is 491. The zero-order valence-electron chi connectivity index (χ0n) is 12.8. The third-order valence-corrected chi connectivity index (χ3v) is 5.94. The Balaban J connectivity index is 2.75. The Morgan fingerprint density at radius 3 is 2.45 bits per heavy atom. The maximum atomic E-state index is 12.4. The van der Waals surface area contributed by atoms with Crippen LogP contribution in [0.5, 0.6) is 0 Å². The number of sulfonamides is 1. The molecule has 0 spiro atoms. The molecule has 1 heterocycles. The molecule has 0 atom stereocenters. The summed E-state index contributed by atoms with van der Waals surface area (Å²) in [6, 6.07) is 2.03. The highest BCUT2D eigenvalue weighted by Gasteiger charge is 2.20. The van der Waals surface area contributed by atoms with E-state index in [1.54, 1.807) is 6.07 Å². The molecule has 0 aliphatic rings. The van der Waals surface area contributed by atoms with E-state index < -0.39 is 10.0 Å². The second-order valence-corrected chi connectivity index (χ2v) is 8.01. The van der Waals surface area contributed by atoms with Crippen LogP contribution < -0.4 is 10.0 Å². The van der Waals surface area contributed by atoms with Crippen LogP contribution in [0.3, 0.4) is 0 Å². The third kappa shape index (κ3) is 5.16. The highest BCUT2D eigenvalue weighted by molar-refractivity contribution is 7.89. The predicted molar refractivity (Wildman–Crippen MR) is 85.6 cm³/mol. The molecule has 1 rings (SSSR count). The van der Waals surface area contributed by atoms with Gasteiger partial charge in [-0.3, -0.25) is 0 Å². The summed E-state index contributed by atoms with van der Waals surface area (Å²) >= 11 is 1.48. The Morgan fingerprint density at radius 1 is 1.25 bits per heavy atom. The largest absolute Gasteiger partial charge is 0.310 e. The molecule has 0 bridgehead atoms. The molecule has 0 fully saturated rings. The molecular weight excluding hydrogens is 292 g/mol. The molecule has 0 amide bonds. The smallest absolute Gasteiger partial charge is 0.241 e. The summed E-state index contributed by atoms with van der Waals surface area (Å²) in [6.45, 7) is 9.38. The van der Waals surface area contributed by atoms with Gasteiger partial charge in [0.1, 0.15) is 0 Å². The van der Waals surface area contributed by atoms with Crippen molar-refractivity contribution in [1.29, 1.82) is 0 Å². The number of thiophene rings is 1. The quantitative estimate of drug-likeness (QED) is 0.736. The van der Waals surface area contributed by atoms with Crippen molar-refractivity contribution in [3.63, 3.8) is 0 Å². The molecule has 0 aliphatic carbocycles. The Hall–Kier alpha value is -0.430. The van der Waals surface area contributed by atoms with Crippen LogP contribution in [0.2, 0.25) is 0 Å². The molecule has 116 valence electrons. The van der Waals surface area contributed by atoms with Crippen LogP contribution >= 0.6 is 11.3 Å². The van der Waals surface area contributed by atoms with Crippen LogP contribution in [0, 0.1) is 5.92 Å². The van der Waals surface area contributed by atoms with E-state index in [-0.39, 0.29) is 0 Å². The lowest BCUT2D eigenvalue weighted by molar-refractivity contribution is 0.478. The monoisotopic (exact) mass is 318 g/mol. The summed E-state index contributed by atoms with van der Waals surface area (Å²) in [7, 11) is -3.39. The van der Waals surface area contributed by atoms with Gasteiger partial charge in [0.2, 0.25) is 10.0 Å². The zero-order valence-corrected chi connectivity index (χ0v) is 14.4. The van der Waals surface area contributed by atoms with Crippen molar-refractivity contribution >= 4 is 21.4 Å². The Labute approximate surface area is 127 Å². The first-order valence-electron chi connectivity index (χ1n) is 7.20. The molecule has 0 radical (unpaired) electrons. The Kier molecular flexibility index (Phi) is 7.15. The van der Waals surface area contributed by atoms with Gasteiger partial charge < -0.3 is 5.32 Å². The molecule has 0 aromatic carbocycles. The number of nitrogens with one attached hydrogen (secondary N) is 2. The first-order chi connectivity index (χ1) is 9.40. The highest BCUT2D eigenvalue weighted by Crippen LogP contribution is 2.22. The average Bonchev–Trinajstić information content (AvgIpc) is 2.86. The van der Waals surface area contributed by atoms with Gasteiger partial charge in [-0.15, -0.1) is 11.3 Å². The van der Waals surface area contributed by atoms with Crippen LogP contribution in [-0.2, 0) is 16.6 Å². The predicted octanol–water partition coefficient (Wildman–Crippen LogP) is 2.96. The minimum Gasteiger partial charge on any atom is -0.310 e. The van der Waals surface area contributed by atoms with E-state index in [9.17, 15) is 8.42 Å². The van der Waals surface area contributed by atoms with Crippen LogP contribution in [0.15, 0.2) is 16.3 Å². The summed E-state index contributed by atoms with van der Waals surface area (Å²) in [6.07, 6.45) is 1.98. The van der Waals surface area contributed by atoms with Crippen molar-refractivity contribution in [3.05, 3.63) is 16.3 Å². The SMILES string of the molecule is CCC(CC)CNS(=O)(=O)c1ccsc1CNC(C)C. The van der Waals surface area contributed by atoms with E-state index in [2.05, 4.69) is 23.9 Å². The molecule has 6 heteroatoms. The zero-order chi connectivity index (χ0) is 15.2. The lowest BCUT2D eigenvalue weighted by atomic mass is 10.0. The van der Waals surface area contributed by atoms with Crippen molar-refractivity contribution in [2.75, 3.05) is 6.54 Å². The maximum absolute atomic E-state index is 12.4. The minimum atomic E-state index is -3.39. The molecule has 2 N–H and O–H groups in total. The summed E-state index contributed by atoms with van der Waals surface area (Å²) in [5.74, 6) is 0.403. The molecule has 0 saturated carbocycles. The average molecular weight is 319 g/mol. The summed E-state index contributed by atoms with van der Waals surface area (Å²) in [5.41, 5.74) is 0. The second-order valence-electron chi connectivity index (χ2n) is 5.28. The van der Waals surface area contributed by atoms with Crippen LogP contribution in [0.25, 0.3) is 0 Å². The Morgan fingerprint density at radius 2 is 1.90 bits per heavy atom. The number of hydrogen-bond donors (Lipinski definition) is 2. The van der Waals surface area contributed by atoms with Crippen LogP contribution in [0.1, 0.15) is 45.4 Å². The molecule has 1 aromatic rings. The fourth-order valence-electron chi connectivity index (χ4n) is 1.88. The number of hydrogen-bond acceptors (Lipinski definition) is 4. The van der Waals surface area contributed by atoms with Gasteiger partial charge in [0.25, 0.3) is 0 Å². The van der Waals surface area contributed by atoms with Gasteiger partial charge in [-0.05, 0) is 17.4 Å². The van der Waals surface area contributed by atoms with E-state index in [1.807, 2.05) is 19.2 Å². The third-order valence-electron chi connectivity index (χ3n) is 3.38. The van der Waals surface area contributed by atoms with Crippen molar-refractivity contribution in [2.24, 2.45) is 5.92 Å². The molecular formula is C14H26N2O2S2. The van der Waals surface area contributed by atoms with Gasteiger partial charge >= 0.3 is 0 Å².